The summed E-state index contributed by atoms with van der Waals surface area (Å²) in [6.45, 7) is 4.89. The van der Waals surface area contributed by atoms with Crippen LogP contribution in [0, 0.1) is 0 Å². The number of phenols is 1. The molecule has 20 heavy (non-hydrogen) atoms. The first kappa shape index (κ1) is 16.3. The summed E-state index contributed by atoms with van der Waals surface area (Å²) >= 11 is 0. The van der Waals surface area contributed by atoms with Crippen molar-refractivity contribution in [3.63, 3.8) is 0 Å². The van der Waals surface area contributed by atoms with Gasteiger partial charge in [-0.15, -0.1) is 0 Å². The van der Waals surface area contributed by atoms with E-state index in [2.05, 4.69) is 5.32 Å². The topological polar surface area (TPSA) is 77.0 Å². The van der Waals surface area contributed by atoms with E-state index < -0.39 is 12.2 Å². The van der Waals surface area contributed by atoms with Crippen molar-refractivity contribution in [2.24, 2.45) is 0 Å². The molecule has 0 atom stereocenters. The fourth-order valence-electron chi connectivity index (χ4n) is 1.68. The molecule has 1 aromatic rings. The van der Waals surface area contributed by atoms with Crippen LogP contribution in [-0.4, -0.2) is 44.2 Å². The maximum absolute atomic E-state index is 12.0. The highest BCUT2D eigenvalue weighted by Gasteiger charge is 2.16. The molecule has 0 saturated carbocycles. The van der Waals surface area contributed by atoms with E-state index in [1.807, 2.05) is 13.8 Å². The summed E-state index contributed by atoms with van der Waals surface area (Å²) in [5.41, 5.74) is 0.149. The average molecular weight is 283 g/mol. The molecule has 112 valence electrons. The minimum absolute atomic E-state index is 0.149. The summed E-state index contributed by atoms with van der Waals surface area (Å²) in [6, 6.07) is 4.73. The number of phenolic OH excluding ortho intramolecular Hbond substituents is 1. The molecule has 2 N–H and O–H groups in total. The number of carbonyl (C=O) groups is 1. The fraction of sp³-hybridized carbons (Fsp3) is 0.500. The molecule has 6 heteroatoms. The van der Waals surface area contributed by atoms with E-state index in [4.69, 9.17) is 14.2 Å². The Hall–Kier alpha value is -1.79. The molecule has 0 spiro atoms. The lowest BCUT2D eigenvalue weighted by Gasteiger charge is -2.17. The molecule has 0 aliphatic rings. The molecule has 0 bridgehead atoms. The highest BCUT2D eigenvalue weighted by molar-refractivity contribution is 5.97. The fourth-order valence-corrected chi connectivity index (χ4v) is 1.68. The van der Waals surface area contributed by atoms with Crippen LogP contribution >= 0.6 is 0 Å². The monoisotopic (exact) mass is 283 g/mol. The van der Waals surface area contributed by atoms with Gasteiger partial charge in [0.15, 0.2) is 17.8 Å². The lowest BCUT2D eigenvalue weighted by Crippen LogP contribution is -2.35. The normalized spacial score (nSPS) is 10.6. The summed E-state index contributed by atoms with van der Waals surface area (Å²) in [6.07, 6.45) is -0.498. The summed E-state index contributed by atoms with van der Waals surface area (Å²) in [4.78, 5) is 12.0. The van der Waals surface area contributed by atoms with E-state index in [-0.39, 0.29) is 23.6 Å². The molecular weight excluding hydrogens is 262 g/mol. The minimum Gasteiger partial charge on any atom is -0.504 e. The Morgan fingerprint density at radius 1 is 1.30 bits per heavy atom. The summed E-state index contributed by atoms with van der Waals surface area (Å²) in [7, 11) is 1.43. The molecule has 0 aliphatic heterocycles. The number of aromatic hydroxyl groups is 1. The van der Waals surface area contributed by atoms with Gasteiger partial charge in [-0.05, 0) is 26.0 Å². The zero-order valence-electron chi connectivity index (χ0n) is 12.0. The quantitative estimate of drug-likeness (QED) is 0.707. The number of amides is 1. The number of ether oxygens (including phenoxy) is 3. The van der Waals surface area contributed by atoms with Crippen molar-refractivity contribution in [2.45, 2.75) is 20.1 Å². The summed E-state index contributed by atoms with van der Waals surface area (Å²) in [5.74, 6) is -0.341. The largest absolute Gasteiger partial charge is 0.504 e. The van der Waals surface area contributed by atoms with Crippen LogP contribution in [0.5, 0.6) is 11.5 Å². The number of para-hydroxylation sites is 1. The van der Waals surface area contributed by atoms with Gasteiger partial charge in [0.1, 0.15) is 0 Å². The Morgan fingerprint density at radius 2 is 1.95 bits per heavy atom. The molecule has 0 fully saturated rings. The van der Waals surface area contributed by atoms with Crippen molar-refractivity contribution < 1.29 is 24.1 Å². The van der Waals surface area contributed by atoms with Crippen LogP contribution in [0.15, 0.2) is 18.2 Å². The van der Waals surface area contributed by atoms with Crippen molar-refractivity contribution in [1.82, 2.24) is 5.32 Å². The molecule has 0 radical (unpaired) electrons. The van der Waals surface area contributed by atoms with Gasteiger partial charge >= 0.3 is 0 Å². The van der Waals surface area contributed by atoms with Crippen molar-refractivity contribution in [3.8, 4) is 11.5 Å². The van der Waals surface area contributed by atoms with Gasteiger partial charge < -0.3 is 24.6 Å². The van der Waals surface area contributed by atoms with Crippen molar-refractivity contribution in [1.29, 1.82) is 0 Å². The van der Waals surface area contributed by atoms with Crippen LogP contribution in [0.2, 0.25) is 0 Å². The van der Waals surface area contributed by atoms with Crippen molar-refractivity contribution >= 4 is 5.91 Å². The smallest absolute Gasteiger partial charge is 0.255 e. The lowest BCUT2D eigenvalue weighted by molar-refractivity contribution is -0.131. The number of hydrogen-bond donors (Lipinski definition) is 2. The van der Waals surface area contributed by atoms with Crippen LogP contribution in [0.4, 0.5) is 0 Å². The highest BCUT2D eigenvalue weighted by Crippen LogP contribution is 2.29. The molecule has 6 nitrogen and oxygen atoms in total. The highest BCUT2D eigenvalue weighted by atomic mass is 16.7. The van der Waals surface area contributed by atoms with Crippen LogP contribution in [0.3, 0.4) is 0 Å². The second-order valence-corrected chi connectivity index (χ2v) is 3.91. The maximum atomic E-state index is 12.0. The molecular formula is C14H21NO5. The third-order valence-electron chi connectivity index (χ3n) is 2.60. The van der Waals surface area contributed by atoms with Crippen LogP contribution < -0.4 is 10.1 Å². The maximum Gasteiger partial charge on any atom is 0.255 e. The predicted octanol–water partition coefficient (Wildman–Crippen LogP) is 1.53. The van der Waals surface area contributed by atoms with Crippen LogP contribution in [0.1, 0.15) is 24.2 Å². The van der Waals surface area contributed by atoms with Gasteiger partial charge in [-0.3, -0.25) is 4.79 Å². The van der Waals surface area contributed by atoms with Crippen molar-refractivity contribution in [3.05, 3.63) is 23.8 Å². The van der Waals surface area contributed by atoms with Gasteiger partial charge in [0.2, 0.25) is 0 Å². The third kappa shape index (κ3) is 4.40. The van der Waals surface area contributed by atoms with E-state index in [9.17, 15) is 9.90 Å². The van der Waals surface area contributed by atoms with E-state index in [1.54, 1.807) is 12.1 Å². The predicted molar refractivity (Wildman–Crippen MR) is 74.0 cm³/mol. The SMILES string of the molecule is CCOC(CNC(=O)c1cccc(OC)c1O)OCC. The Bertz CT molecular complexity index is 430. The Kier molecular flexibility index (Phi) is 6.83. The van der Waals surface area contributed by atoms with Crippen LogP contribution in [-0.2, 0) is 9.47 Å². The number of nitrogens with one attached hydrogen (secondary N) is 1. The molecule has 1 aromatic carbocycles. The van der Waals surface area contributed by atoms with Crippen LogP contribution in [0.25, 0.3) is 0 Å². The Balaban J connectivity index is 2.66. The Labute approximate surface area is 118 Å². The molecule has 1 amide bonds. The van der Waals surface area contributed by atoms with Gasteiger partial charge in [-0.1, -0.05) is 6.07 Å². The molecule has 0 saturated heterocycles. The average Bonchev–Trinajstić information content (AvgIpc) is 2.45. The van der Waals surface area contributed by atoms with E-state index in [0.717, 1.165) is 0 Å². The van der Waals surface area contributed by atoms with E-state index in [0.29, 0.717) is 13.2 Å². The number of hydrogen-bond acceptors (Lipinski definition) is 5. The van der Waals surface area contributed by atoms with Gasteiger partial charge in [-0.2, -0.15) is 0 Å². The number of benzene rings is 1. The summed E-state index contributed by atoms with van der Waals surface area (Å²) < 4.78 is 15.6. The van der Waals surface area contributed by atoms with Gasteiger partial charge in [0.25, 0.3) is 5.91 Å². The first-order valence-corrected chi connectivity index (χ1v) is 6.51. The molecule has 0 aromatic heterocycles. The second-order valence-electron chi connectivity index (χ2n) is 3.91. The molecule has 0 unspecified atom stereocenters. The van der Waals surface area contributed by atoms with Gasteiger partial charge in [0, 0.05) is 13.2 Å². The first-order valence-electron chi connectivity index (χ1n) is 6.51. The van der Waals surface area contributed by atoms with Crippen molar-refractivity contribution in [2.75, 3.05) is 26.9 Å². The lowest BCUT2D eigenvalue weighted by atomic mass is 10.1. The second kappa shape index (κ2) is 8.39. The van der Waals surface area contributed by atoms with Gasteiger partial charge in [-0.25, -0.2) is 0 Å². The number of methoxy groups -OCH3 is 1. The number of rotatable bonds is 8. The minimum atomic E-state index is -0.498. The first-order chi connectivity index (χ1) is 9.63. The van der Waals surface area contributed by atoms with E-state index >= 15 is 0 Å². The zero-order chi connectivity index (χ0) is 15.0. The molecule has 0 heterocycles. The standard InChI is InChI=1S/C14H21NO5/c1-4-19-12(20-5-2)9-15-14(17)10-7-6-8-11(18-3)13(10)16/h6-8,12,16H,4-5,9H2,1-3H3,(H,15,17). The molecule has 1 rings (SSSR count). The summed E-state index contributed by atoms with van der Waals surface area (Å²) in [5, 5.41) is 12.5. The number of carbonyl (C=O) groups excluding carboxylic acids is 1. The molecule has 0 aliphatic carbocycles. The van der Waals surface area contributed by atoms with Gasteiger partial charge in [0.05, 0.1) is 19.2 Å². The van der Waals surface area contributed by atoms with E-state index in [1.165, 1.54) is 13.2 Å². The Morgan fingerprint density at radius 3 is 2.50 bits per heavy atom. The third-order valence-corrected chi connectivity index (χ3v) is 2.60. The zero-order valence-corrected chi connectivity index (χ0v) is 12.0.